The minimum atomic E-state index is -0.603. The van der Waals surface area contributed by atoms with E-state index in [1.54, 1.807) is 12.1 Å². The number of ether oxygens (including phenoxy) is 2. The van der Waals surface area contributed by atoms with Gasteiger partial charge in [-0.3, -0.25) is 4.79 Å². The summed E-state index contributed by atoms with van der Waals surface area (Å²) in [6.07, 6.45) is -0.116. The molecule has 1 aliphatic rings. The Morgan fingerprint density at radius 2 is 2.21 bits per heavy atom. The van der Waals surface area contributed by atoms with Gasteiger partial charge in [0.2, 0.25) is 0 Å². The second-order valence-electron chi connectivity index (χ2n) is 4.09. The van der Waals surface area contributed by atoms with E-state index in [-0.39, 0.29) is 24.8 Å². The van der Waals surface area contributed by atoms with E-state index in [9.17, 15) is 14.7 Å². The monoisotopic (exact) mass is 265 g/mol. The molecule has 2 amide bonds. The lowest BCUT2D eigenvalue weighted by Gasteiger charge is -2.12. The Morgan fingerprint density at radius 3 is 2.84 bits per heavy atom. The fourth-order valence-corrected chi connectivity index (χ4v) is 1.82. The molecule has 6 heteroatoms. The maximum atomic E-state index is 11.3. The Morgan fingerprint density at radius 1 is 1.42 bits per heavy atom. The van der Waals surface area contributed by atoms with Crippen LogP contribution < -0.4 is 4.74 Å². The Hall–Kier alpha value is -2.24. The van der Waals surface area contributed by atoms with Crippen LogP contribution in [0.1, 0.15) is 12.5 Å². The summed E-state index contributed by atoms with van der Waals surface area (Å²) < 4.78 is 9.89. The molecule has 0 saturated carbocycles. The molecule has 0 radical (unpaired) electrons. The molecule has 6 nitrogen and oxygen atoms in total. The number of rotatable bonds is 5. The van der Waals surface area contributed by atoms with Crippen molar-refractivity contribution in [2.24, 2.45) is 0 Å². The number of amides is 2. The zero-order chi connectivity index (χ0) is 13.8. The predicted octanol–water partition coefficient (Wildman–Crippen LogP) is 1.31. The van der Waals surface area contributed by atoms with Gasteiger partial charge in [-0.1, -0.05) is 6.07 Å². The second kappa shape index (κ2) is 5.60. The number of phenols is 1. The van der Waals surface area contributed by atoms with Crippen molar-refractivity contribution in [1.29, 1.82) is 0 Å². The molecule has 19 heavy (non-hydrogen) atoms. The maximum Gasteiger partial charge on any atom is 0.417 e. The number of benzene rings is 1. The van der Waals surface area contributed by atoms with Crippen molar-refractivity contribution < 1.29 is 24.2 Å². The van der Waals surface area contributed by atoms with Crippen LogP contribution in [0.25, 0.3) is 0 Å². The molecule has 1 N–H and O–H groups in total. The molecule has 1 heterocycles. The summed E-state index contributed by atoms with van der Waals surface area (Å²) in [5, 5.41) is 9.57. The molecule has 0 unspecified atom stereocenters. The molecule has 102 valence electrons. The van der Waals surface area contributed by atoms with Gasteiger partial charge in [-0.2, -0.15) is 0 Å². The van der Waals surface area contributed by atoms with Crippen LogP contribution in [-0.4, -0.2) is 41.8 Å². The van der Waals surface area contributed by atoms with Crippen molar-refractivity contribution in [2.75, 3.05) is 19.8 Å². The van der Waals surface area contributed by atoms with Crippen LogP contribution in [0.4, 0.5) is 4.79 Å². The fourth-order valence-electron chi connectivity index (χ4n) is 1.82. The number of hydrogen-bond donors (Lipinski definition) is 1. The third kappa shape index (κ3) is 2.96. The van der Waals surface area contributed by atoms with Gasteiger partial charge in [-0.15, -0.1) is 0 Å². The zero-order valence-electron chi connectivity index (χ0n) is 10.6. The highest BCUT2D eigenvalue weighted by molar-refractivity contribution is 5.97. The first-order valence-corrected chi connectivity index (χ1v) is 6.03. The van der Waals surface area contributed by atoms with Gasteiger partial charge in [0, 0.05) is 6.54 Å². The summed E-state index contributed by atoms with van der Waals surface area (Å²) in [6.45, 7) is 2.35. The van der Waals surface area contributed by atoms with Crippen LogP contribution in [0.3, 0.4) is 0 Å². The van der Waals surface area contributed by atoms with Gasteiger partial charge in [0.25, 0.3) is 5.91 Å². The second-order valence-corrected chi connectivity index (χ2v) is 4.09. The molecule has 0 aliphatic carbocycles. The molecule has 1 saturated heterocycles. The summed E-state index contributed by atoms with van der Waals surface area (Å²) in [5.74, 6) is 0.145. The number of aromatic hydroxyl groups is 1. The van der Waals surface area contributed by atoms with Crippen molar-refractivity contribution >= 4 is 12.0 Å². The van der Waals surface area contributed by atoms with Crippen LogP contribution in [0.15, 0.2) is 18.2 Å². The lowest BCUT2D eigenvalue weighted by molar-refractivity contribution is -0.125. The van der Waals surface area contributed by atoms with Gasteiger partial charge in [0.15, 0.2) is 18.1 Å². The Labute approximate surface area is 110 Å². The zero-order valence-corrected chi connectivity index (χ0v) is 10.6. The standard InChI is InChI=1S/C13H15NO5/c1-2-18-11-7-9(3-4-10(11)15)5-6-14-12(16)8-19-13(14)17/h3-4,7,15H,2,5-6,8H2,1H3. The summed E-state index contributed by atoms with van der Waals surface area (Å²) in [7, 11) is 0. The van der Waals surface area contributed by atoms with Crippen LogP contribution in [0.5, 0.6) is 11.5 Å². The minimum Gasteiger partial charge on any atom is -0.504 e. The largest absolute Gasteiger partial charge is 0.504 e. The molecular formula is C13H15NO5. The summed E-state index contributed by atoms with van der Waals surface area (Å²) in [5.41, 5.74) is 0.869. The van der Waals surface area contributed by atoms with E-state index in [0.717, 1.165) is 10.5 Å². The molecular weight excluding hydrogens is 250 g/mol. The molecule has 2 rings (SSSR count). The van der Waals surface area contributed by atoms with Crippen molar-refractivity contribution in [2.45, 2.75) is 13.3 Å². The quantitative estimate of drug-likeness (QED) is 0.868. The SMILES string of the molecule is CCOc1cc(CCN2C(=O)COC2=O)ccc1O. The summed E-state index contributed by atoms with van der Waals surface area (Å²) in [4.78, 5) is 23.7. The number of imide groups is 1. The average molecular weight is 265 g/mol. The van der Waals surface area contributed by atoms with Crippen molar-refractivity contribution in [3.8, 4) is 11.5 Å². The first kappa shape index (κ1) is 13.2. The molecule has 1 aromatic carbocycles. The maximum absolute atomic E-state index is 11.3. The van der Waals surface area contributed by atoms with E-state index < -0.39 is 6.09 Å². The topological polar surface area (TPSA) is 76.1 Å². The number of hydrogen-bond acceptors (Lipinski definition) is 5. The van der Waals surface area contributed by atoms with Gasteiger partial charge in [0.05, 0.1) is 6.61 Å². The smallest absolute Gasteiger partial charge is 0.417 e. The van der Waals surface area contributed by atoms with Gasteiger partial charge >= 0.3 is 6.09 Å². The van der Waals surface area contributed by atoms with E-state index in [2.05, 4.69) is 4.74 Å². The highest BCUT2D eigenvalue weighted by Gasteiger charge is 2.30. The third-order valence-corrected chi connectivity index (χ3v) is 2.79. The Balaban J connectivity index is 2.01. The number of carbonyl (C=O) groups is 2. The van der Waals surface area contributed by atoms with E-state index in [1.165, 1.54) is 6.07 Å². The summed E-state index contributed by atoms with van der Waals surface area (Å²) in [6, 6.07) is 4.96. The van der Waals surface area contributed by atoms with Crippen molar-refractivity contribution in [1.82, 2.24) is 4.90 Å². The van der Waals surface area contributed by atoms with E-state index in [0.29, 0.717) is 18.8 Å². The van der Waals surface area contributed by atoms with Crippen LogP contribution in [-0.2, 0) is 16.0 Å². The average Bonchev–Trinajstić information content (AvgIpc) is 2.70. The number of phenolic OH excluding ortho intramolecular Hbond substituents is 1. The van der Waals surface area contributed by atoms with Crippen molar-refractivity contribution in [3.05, 3.63) is 23.8 Å². The normalized spacial score (nSPS) is 14.7. The molecule has 1 fully saturated rings. The van der Waals surface area contributed by atoms with E-state index in [4.69, 9.17) is 4.74 Å². The van der Waals surface area contributed by atoms with Crippen molar-refractivity contribution in [3.63, 3.8) is 0 Å². The van der Waals surface area contributed by atoms with Crippen LogP contribution in [0.2, 0.25) is 0 Å². The highest BCUT2D eigenvalue weighted by atomic mass is 16.6. The van der Waals surface area contributed by atoms with Crippen LogP contribution in [0, 0.1) is 0 Å². The Bertz CT molecular complexity index is 484. The summed E-state index contributed by atoms with van der Waals surface area (Å²) >= 11 is 0. The van der Waals surface area contributed by atoms with E-state index in [1.807, 2.05) is 6.92 Å². The fraction of sp³-hybridized carbons (Fsp3) is 0.385. The number of carbonyl (C=O) groups excluding carboxylic acids is 2. The Kier molecular flexibility index (Phi) is 3.89. The van der Waals surface area contributed by atoms with Gasteiger partial charge in [-0.05, 0) is 31.0 Å². The first-order valence-electron chi connectivity index (χ1n) is 6.03. The van der Waals surface area contributed by atoms with E-state index >= 15 is 0 Å². The molecule has 0 spiro atoms. The molecule has 0 bridgehead atoms. The van der Waals surface area contributed by atoms with Gasteiger partial charge < -0.3 is 14.6 Å². The van der Waals surface area contributed by atoms with Crippen LogP contribution >= 0.6 is 0 Å². The predicted molar refractivity (Wildman–Crippen MR) is 66.0 cm³/mol. The minimum absolute atomic E-state index is 0.0715. The lowest BCUT2D eigenvalue weighted by Crippen LogP contribution is -2.31. The molecule has 0 aromatic heterocycles. The van der Waals surface area contributed by atoms with Gasteiger partial charge in [0.1, 0.15) is 0 Å². The molecule has 1 aliphatic heterocycles. The third-order valence-electron chi connectivity index (χ3n) is 2.79. The lowest BCUT2D eigenvalue weighted by atomic mass is 10.1. The number of nitrogens with zero attached hydrogens (tertiary/aromatic N) is 1. The molecule has 1 aromatic rings. The first-order chi connectivity index (χ1) is 9.11. The number of cyclic esters (lactones) is 1. The molecule has 0 atom stereocenters. The van der Waals surface area contributed by atoms with Gasteiger partial charge in [-0.25, -0.2) is 9.69 Å². The highest BCUT2D eigenvalue weighted by Crippen LogP contribution is 2.27.